The fraction of sp³-hybridized carbons (Fsp3) is 0.467. The lowest BCUT2D eigenvalue weighted by Crippen LogP contribution is -2.48. The van der Waals surface area contributed by atoms with Crippen molar-refractivity contribution in [2.75, 3.05) is 12.3 Å². The lowest BCUT2D eigenvalue weighted by atomic mass is 10.1. The second-order valence-corrected chi connectivity index (χ2v) is 6.07. The predicted molar refractivity (Wildman–Crippen MR) is 81.5 cm³/mol. The van der Waals surface area contributed by atoms with Gasteiger partial charge in [0.2, 0.25) is 11.8 Å². The van der Waals surface area contributed by atoms with Gasteiger partial charge in [-0.1, -0.05) is 29.8 Å². The fourth-order valence-corrected chi connectivity index (χ4v) is 2.87. The topological polar surface area (TPSA) is 58.2 Å². The van der Waals surface area contributed by atoms with Crippen LogP contribution in [0.5, 0.6) is 0 Å². The summed E-state index contributed by atoms with van der Waals surface area (Å²) in [4.78, 5) is 22.8. The largest absolute Gasteiger partial charge is 0.354 e. The van der Waals surface area contributed by atoms with Gasteiger partial charge in [0, 0.05) is 24.8 Å². The summed E-state index contributed by atoms with van der Waals surface area (Å²) < 4.78 is 0. The van der Waals surface area contributed by atoms with E-state index in [9.17, 15) is 9.59 Å². The summed E-state index contributed by atoms with van der Waals surface area (Å²) in [6.45, 7) is 2.61. The van der Waals surface area contributed by atoms with Crippen LogP contribution in [0, 0.1) is 6.92 Å². The molecule has 1 aromatic carbocycles. The van der Waals surface area contributed by atoms with Crippen LogP contribution >= 0.6 is 11.8 Å². The lowest BCUT2D eigenvalue weighted by molar-refractivity contribution is -0.124. The molecule has 0 aliphatic carbocycles. The van der Waals surface area contributed by atoms with Gasteiger partial charge in [-0.25, -0.2) is 0 Å². The first-order valence-corrected chi connectivity index (χ1v) is 7.98. The van der Waals surface area contributed by atoms with E-state index in [0.717, 1.165) is 12.2 Å². The summed E-state index contributed by atoms with van der Waals surface area (Å²) >= 11 is 1.61. The quantitative estimate of drug-likeness (QED) is 0.867. The molecule has 2 N–H and O–H groups in total. The van der Waals surface area contributed by atoms with Gasteiger partial charge in [0.25, 0.3) is 0 Å². The van der Waals surface area contributed by atoms with Crippen molar-refractivity contribution in [3.63, 3.8) is 0 Å². The van der Waals surface area contributed by atoms with Crippen molar-refractivity contribution in [2.45, 2.75) is 31.6 Å². The molecule has 0 saturated carbocycles. The highest BCUT2D eigenvalue weighted by Crippen LogP contribution is 2.13. The Morgan fingerprint density at radius 2 is 2.15 bits per heavy atom. The molecular weight excluding hydrogens is 272 g/mol. The van der Waals surface area contributed by atoms with Crippen LogP contribution < -0.4 is 10.6 Å². The van der Waals surface area contributed by atoms with E-state index in [1.165, 1.54) is 11.1 Å². The summed E-state index contributed by atoms with van der Waals surface area (Å²) in [6, 6.07) is 8.44. The van der Waals surface area contributed by atoms with E-state index in [4.69, 9.17) is 0 Å². The standard InChI is InChI=1S/C15H20N2O2S/c1-11-2-4-12(5-3-11)9-20-10-15(19)17-13-6-7-14(18)16-8-13/h2-5,13H,6-10H2,1H3,(H,16,18)(H,17,19). The molecule has 1 fully saturated rings. The van der Waals surface area contributed by atoms with Gasteiger partial charge in [-0.3, -0.25) is 9.59 Å². The second-order valence-electron chi connectivity index (χ2n) is 5.09. The van der Waals surface area contributed by atoms with E-state index >= 15 is 0 Å². The number of nitrogens with one attached hydrogen (secondary N) is 2. The number of piperidine rings is 1. The van der Waals surface area contributed by atoms with Gasteiger partial charge < -0.3 is 10.6 Å². The highest BCUT2D eigenvalue weighted by molar-refractivity contribution is 7.99. The van der Waals surface area contributed by atoms with Gasteiger partial charge in [0.1, 0.15) is 0 Å². The van der Waals surface area contributed by atoms with E-state index in [2.05, 4.69) is 41.8 Å². The molecule has 1 aromatic rings. The zero-order valence-corrected chi connectivity index (χ0v) is 12.5. The van der Waals surface area contributed by atoms with Crippen LogP contribution in [0.15, 0.2) is 24.3 Å². The summed E-state index contributed by atoms with van der Waals surface area (Å²) in [7, 11) is 0. The molecule has 0 radical (unpaired) electrons. The molecule has 5 heteroatoms. The number of carbonyl (C=O) groups excluding carboxylic acids is 2. The molecule has 1 saturated heterocycles. The van der Waals surface area contributed by atoms with Crippen LogP contribution in [0.3, 0.4) is 0 Å². The Kier molecular flexibility index (Phi) is 5.47. The Morgan fingerprint density at radius 1 is 1.40 bits per heavy atom. The third-order valence-corrected chi connectivity index (χ3v) is 4.26. The van der Waals surface area contributed by atoms with Gasteiger partial charge in [0.05, 0.1) is 5.75 Å². The average Bonchev–Trinajstić information content (AvgIpc) is 2.44. The Labute approximate surface area is 123 Å². The first kappa shape index (κ1) is 14.9. The van der Waals surface area contributed by atoms with E-state index in [1.807, 2.05) is 0 Å². The third kappa shape index (κ3) is 4.89. The Morgan fingerprint density at radius 3 is 2.80 bits per heavy atom. The van der Waals surface area contributed by atoms with E-state index in [-0.39, 0.29) is 17.9 Å². The molecule has 2 rings (SSSR count). The summed E-state index contributed by atoms with van der Waals surface area (Å²) in [6.07, 6.45) is 1.24. The SMILES string of the molecule is Cc1ccc(CSCC(=O)NC2CCC(=O)NC2)cc1. The number of carbonyl (C=O) groups is 2. The Hall–Kier alpha value is -1.49. The number of hydrogen-bond acceptors (Lipinski definition) is 3. The van der Waals surface area contributed by atoms with Crippen LogP contribution in [-0.2, 0) is 15.3 Å². The first-order valence-electron chi connectivity index (χ1n) is 6.83. The van der Waals surface area contributed by atoms with Gasteiger partial charge in [-0.2, -0.15) is 0 Å². The maximum Gasteiger partial charge on any atom is 0.230 e. The molecule has 1 aliphatic rings. The zero-order chi connectivity index (χ0) is 14.4. The molecule has 1 atom stereocenters. The molecule has 1 heterocycles. The number of amides is 2. The number of thioether (sulfide) groups is 1. The highest BCUT2D eigenvalue weighted by Gasteiger charge is 2.19. The number of hydrogen-bond donors (Lipinski definition) is 2. The fourth-order valence-electron chi connectivity index (χ4n) is 2.07. The molecule has 0 aromatic heterocycles. The van der Waals surface area contributed by atoms with E-state index in [0.29, 0.717) is 18.7 Å². The second kappa shape index (κ2) is 7.33. The summed E-state index contributed by atoms with van der Waals surface area (Å²) in [5.41, 5.74) is 2.48. The normalized spacial score (nSPS) is 18.4. The zero-order valence-electron chi connectivity index (χ0n) is 11.6. The van der Waals surface area contributed by atoms with Crippen LogP contribution in [0.1, 0.15) is 24.0 Å². The third-order valence-electron chi connectivity index (χ3n) is 3.25. The van der Waals surface area contributed by atoms with Crippen molar-refractivity contribution in [2.24, 2.45) is 0 Å². The highest BCUT2D eigenvalue weighted by atomic mass is 32.2. The monoisotopic (exact) mass is 292 g/mol. The minimum Gasteiger partial charge on any atom is -0.354 e. The van der Waals surface area contributed by atoms with Crippen LogP contribution in [0.25, 0.3) is 0 Å². The molecule has 0 bridgehead atoms. The molecule has 108 valence electrons. The van der Waals surface area contributed by atoms with E-state index in [1.54, 1.807) is 11.8 Å². The van der Waals surface area contributed by atoms with Gasteiger partial charge in [-0.05, 0) is 18.9 Å². The van der Waals surface area contributed by atoms with Crippen molar-refractivity contribution in [3.8, 4) is 0 Å². The van der Waals surface area contributed by atoms with Crippen molar-refractivity contribution in [3.05, 3.63) is 35.4 Å². The predicted octanol–water partition coefficient (Wildman–Crippen LogP) is 1.62. The molecule has 4 nitrogen and oxygen atoms in total. The molecule has 0 spiro atoms. The van der Waals surface area contributed by atoms with Crippen molar-refractivity contribution >= 4 is 23.6 Å². The van der Waals surface area contributed by atoms with Crippen molar-refractivity contribution < 1.29 is 9.59 Å². The maximum absolute atomic E-state index is 11.8. The maximum atomic E-state index is 11.8. The minimum absolute atomic E-state index is 0.0447. The number of benzene rings is 1. The van der Waals surface area contributed by atoms with E-state index < -0.39 is 0 Å². The summed E-state index contributed by atoms with van der Waals surface area (Å²) in [5.74, 6) is 1.42. The smallest absolute Gasteiger partial charge is 0.230 e. The lowest BCUT2D eigenvalue weighted by Gasteiger charge is -2.23. The van der Waals surface area contributed by atoms with Gasteiger partial charge in [-0.15, -0.1) is 11.8 Å². The average molecular weight is 292 g/mol. The van der Waals surface area contributed by atoms with Crippen LogP contribution in [-0.4, -0.2) is 30.2 Å². The summed E-state index contributed by atoms with van der Waals surface area (Å²) in [5, 5.41) is 5.72. The van der Waals surface area contributed by atoms with Gasteiger partial charge >= 0.3 is 0 Å². The molecule has 2 amide bonds. The van der Waals surface area contributed by atoms with Crippen molar-refractivity contribution in [1.29, 1.82) is 0 Å². The van der Waals surface area contributed by atoms with Crippen LogP contribution in [0.2, 0.25) is 0 Å². The Balaban J connectivity index is 1.65. The number of aryl methyl sites for hydroxylation is 1. The molecule has 1 aliphatic heterocycles. The van der Waals surface area contributed by atoms with Crippen LogP contribution in [0.4, 0.5) is 0 Å². The van der Waals surface area contributed by atoms with Gasteiger partial charge in [0.15, 0.2) is 0 Å². The first-order chi connectivity index (χ1) is 9.63. The molecule has 20 heavy (non-hydrogen) atoms. The molecule has 1 unspecified atom stereocenters. The minimum atomic E-state index is 0.0447. The Bertz CT molecular complexity index is 463. The van der Waals surface area contributed by atoms with Crippen molar-refractivity contribution in [1.82, 2.24) is 10.6 Å². The number of rotatable bonds is 5. The molecular formula is C15H20N2O2S.